The third-order valence-corrected chi connectivity index (χ3v) is 3.90. The van der Waals surface area contributed by atoms with Gasteiger partial charge in [-0.25, -0.2) is 14.2 Å². The second kappa shape index (κ2) is 7.67. The zero-order valence-corrected chi connectivity index (χ0v) is 14.6. The maximum absolute atomic E-state index is 13.0. The van der Waals surface area contributed by atoms with E-state index in [1.54, 1.807) is 12.1 Å². The molecule has 0 aliphatic heterocycles. The normalized spacial score (nSPS) is 10.7. The molecule has 0 bridgehead atoms. The maximum atomic E-state index is 13.0. The number of halogens is 3. The first-order valence-electron chi connectivity index (χ1n) is 7.33. The molecule has 0 aliphatic carbocycles. The van der Waals surface area contributed by atoms with E-state index in [1.165, 1.54) is 24.4 Å². The van der Waals surface area contributed by atoms with Crippen LogP contribution in [0.3, 0.4) is 0 Å². The molecule has 10 heteroatoms. The molecule has 0 saturated carbocycles. The number of carbonyl (C=O) groups is 1. The number of hydrogen-bond acceptors (Lipinski definition) is 5. The van der Waals surface area contributed by atoms with Crippen molar-refractivity contribution in [1.29, 1.82) is 0 Å². The number of hydrogen-bond donors (Lipinski definition) is 1. The van der Waals surface area contributed by atoms with Crippen LogP contribution in [0.5, 0.6) is 0 Å². The summed E-state index contributed by atoms with van der Waals surface area (Å²) in [6, 6.07) is 7.11. The molecule has 1 aromatic carbocycles. The van der Waals surface area contributed by atoms with Gasteiger partial charge in [-0.15, -0.1) is 0 Å². The lowest BCUT2D eigenvalue weighted by Crippen LogP contribution is -2.27. The number of amides is 1. The van der Waals surface area contributed by atoms with Crippen LogP contribution in [0.1, 0.15) is 11.4 Å². The molecule has 134 valence electrons. The molecule has 0 saturated heterocycles. The minimum atomic E-state index is -0.785. The highest BCUT2D eigenvalue weighted by Crippen LogP contribution is 2.22. The van der Waals surface area contributed by atoms with E-state index in [0.717, 1.165) is 4.57 Å². The van der Waals surface area contributed by atoms with E-state index in [0.29, 0.717) is 10.6 Å². The topological polar surface area (TPSA) is 90.0 Å². The molecule has 2 heterocycles. The average Bonchev–Trinajstić information content (AvgIpc) is 2.93. The first-order chi connectivity index (χ1) is 12.4. The fourth-order valence-electron chi connectivity index (χ4n) is 2.19. The largest absolute Gasteiger partial charge is 0.442 e. The Kier molecular flexibility index (Phi) is 5.34. The van der Waals surface area contributed by atoms with E-state index in [-0.39, 0.29) is 35.4 Å². The van der Waals surface area contributed by atoms with Crippen LogP contribution in [0.2, 0.25) is 10.0 Å². The lowest BCUT2D eigenvalue weighted by molar-refractivity contribution is -0.116. The quantitative estimate of drug-likeness (QED) is 0.715. The molecular formula is C16H11Cl2FN4O3. The zero-order chi connectivity index (χ0) is 18.7. The van der Waals surface area contributed by atoms with Crippen molar-refractivity contribution in [2.75, 3.05) is 5.32 Å². The Hall–Kier alpha value is -2.71. The molecule has 2 aromatic heterocycles. The molecule has 0 fully saturated rings. The Balaban J connectivity index is 1.75. The van der Waals surface area contributed by atoms with Gasteiger partial charge in [0.1, 0.15) is 12.4 Å². The SMILES string of the molecule is O=C(Cn1c(Cc2ccc(F)cc2)noc1=O)Nc1ncc(Cl)cc1Cl. The summed E-state index contributed by atoms with van der Waals surface area (Å²) in [5.74, 6) is -1.37. The highest BCUT2D eigenvalue weighted by atomic mass is 35.5. The van der Waals surface area contributed by atoms with Crippen molar-refractivity contribution in [3.05, 3.63) is 74.3 Å². The molecule has 1 amide bonds. The van der Waals surface area contributed by atoms with Gasteiger partial charge in [-0.1, -0.05) is 40.5 Å². The summed E-state index contributed by atoms with van der Waals surface area (Å²) in [5, 5.41) is 6.63. The van der Waals surface area contributed by atoms with E-state index in [9.17, 15) is 14.0 Å². The number of rotatable bonds is 5. The number of carbonyl (C=O) groups excluding carboxylic acids is 1. The lowest BCUT2D eigenvalue weighted by atomic mass is 10.1. The van der Waals surface area contributed by atoms with Gasteiger partial charge in [-0.3, -0.25) is 13.9 Å². The number of anilines is 1. The molecule has 3 aromatic rings. The standard InChI is InChI=1S/C16H11Cl2FN4O3/c17-10-6-12(18)15(20-7-10)21-14(24)8-23-13(22-26-16(23)25)5-9-1-3-11(19)4-2-9/h1-4,6-7H,5,8H2,(H,20,21,24). The van der Waals surface area contributed by atoms with Gasteiger partial charge in [0.2, 0.25) is 5.91 Å². The summed E-state index contributed by atoms with van der Waals surface area (Å²) in [5.41, 5.74) is 0.705. The van der Waals surface area contributed by atoms with E-state index < -0.39 is 11.7 Å². The molecule has 0 radical (unpaired) electrons. The van der Waals surface area contributed by atoms with Gasteiger partial charge in [-0.2, -0.15) is 0 Å². The van der Waals surface area contributed by atoms with Crippen LogP contribution in [0, 0.1) is 5.82 Å². The van der Waals surface area contributed by atoms with Gasteiger partial charge < -0.3 is 5.32 Å². The molecule has 0 spiro atoms. The monoisotopic (exact) mass is 396 g/mol. The summed E-state index contributed by atoms with van der Waals surface area (Å²) in [4.78, 5) is 27.9. The van der Waals surface area contributed by atoms with Crippen LogP contribution >= 0.6 is 23.2 Å². The smallest absolute Gasteiger partial charge is 0.308 e. The first kappa shape index (κ1) is 18.1. The van der Waals surface area contributed by atoms with Crippen molar-refractivity contribution in [2.45, 2.75) is 13.0 Å². The summed E-state index contributed by atoms with van der Waals surface area (Å²) >= 11 is 11.7. The van der Waals surface area contributed by atoms with Gasteiger partial charge in [0.05, 0.1) is 10.0 Å². The molecule has 0 atom stereocenters. The second-order valence-corrected chi connectivity index (χ2v) is 6.13. The second-order valence-electron chi connectivity index (χ2n) is 5.29. The van der Waals surface area contributed by atoms with E-state index >= 15 is 0 Å². The Morgan fingerprint density at radius 2 is 2.00 bits per heavy atom. The molecule has 26 heavy (non-hydrogen) atoms. The Morgan fingerprint density at radius 3 is 2.69 bits per heavy atom. The van der Waals surface area contributed by atoms with Crippen molar-refractivity contribution >= 4 is 34.9 Å². The predicted molar refractivity (Wildman–Crippen MR) is 92.9 cm³/mol. The van der Waals surface area contributed by atoms with Gasteiger partial charge in [-0.05, 0) is 23.8 Å². The maximum Gasteiger partial charge on any atom is 0.442 e. The highest BCUT2D eigenvalue weighted by Gasteiger charge is 2.16. The third-order valence-electron chi connectivity index (χ3n) is 3.40. The fraction of sp³-hybridized carbons (Fsp3) is 0.125. The fourth-order valence-corrected chi connectivity index (χ4v) is 2.61. The highest BCUT2D eigenvalue weighted by molar-refractivity contribution is 6.36. The molecule has 7 nitrogen and oxygen atoms in total. The van der Waals surface area contributed by atoms with Crippen molar-refractivity contribution in [1.82, 2.24) is 14.7 Å². The van der Waals surface area contributed by atoms with Gasteiger partial charge in [0.25, 0.3) is 0 Å². The van der Waals surface area contributed by atoms with Crippen LogP contribution < -0.4 is 11.1 Å². The Morgan fingerprint density at radius 1 is 1.27 bits per heavy atom. The van der Waals surface area contributed by atoms with E-state index in [1.807, 2.05) is 0 Å². The zero-order valence-electron chi connectivity index (χ0n) is 13.1. The van der Waals surface area contributed by atoms with Crippen LogP contribution in [-0.4, -0.2) is 20.6 Å². The van der Waals surface area contributed by atoms with Crippen molar-refractivity contribution < 1.29 is 13.7 Å². The Bertz CT molecular complexity index is 1000. The molecule has 0 aliphatic rings. The summed E-state index contributed by atoms with van der Waals surface area (Å²) in [6.45, 7) is -0.348. The summed E-state index contributed by atoms with van der Waals surface area (Å²) in [7, 11) is 0. The van der Waals surface area contributed by atoms with Crippen molar-refractivity contribution in [3.63, 3.8) is 0 Å². The molecular weight excluding hydrogens is 386 g/mol. The van der Waals surface area contributed by atoms with Crippen LogP contribution in [0.15, 0.2) is 45.8 Å². The number of nitrogens with one attached hydrogen (secondary N) is 1. The average molecular weight is 397 g/mol. The number of aromatic nitrogens is 3. The van der Waals surface area contributed by atoms with E-state index in [2.05, 4.69) is 20.0 Å². The van der Waals surface area contributed by atoms with E-state index in [4.69, 9.17) is 23.2 Å². The molecule has 0 unspecified atom stereocenters. The van der Waals surface area contributed by atoms with Crippen LogP contribution in [0.4, 0.5) is 10.2 Å². The summed E-state index contributed by atoms with van der Waals surface area (Å²) < 4.78 is 18.7. The van der Waals surface area contributed by atoms with Crippen LogP contribution in [0.25, 0.3) is 0 Å². The van der Waals surface area contributed by atoms with Gasteiger partial charge >= 0.3 is 5.76 Å². The van der Waals surface area contributed by atoms with Gasteiger partial charge in [0.15, 0.2) is 11.6 Å². The molecule has 3 rings (SSSR count). The Labute approximate surface area is 156 Å². The minimum absolute atomic E-state index is 0.116. The van der Waals surface area contributed by atoms with Gasteiger partial charge in [0, 0.05) is 12.6 Å². The van der Waals surface area contributed by atoms with Crippen molar-refractivity contribution in [2.24, 2.45) is 0 Å². The minimum Gasteiger partial charge on any atom is -0.308 e. The van der Waals surface area contributed by atoms with Crippen LogP contribution in [-0.2, 0) is 17.8 Å². The number of nitrogens with zero attached hydrogens (tertiary/aromatic N) is 3. The van der Waals surface area contributed by atoms with Crippen molar-refractivity contribution in [3.8, 4) is 0 Å². The summed E-state index contributed by atoms with van der Waals surface area (Å²) in [6.07, 6.45) is 1.52. The lowest BCUT2D eigenvalue weighted by Gasteiger charge is -2.07. The molecule has 1 N–H and O–H groups in total. The predicted octanol–water partition coefficient (Wildman–Crippen LogP) is 2.91. The number of pyridine rings is 1. The number of benzene rings is 1. The first-order valence-corrected chi connectivity index (χ1v) is 8.08. The third kappa shape index (κ3) is 4.27.